The number of carbonyl (C=O) groups excluding carboxylic acids is 2. The van der Waals surface area contributed by atoms with E-state index in [2.05, 4.69) is 29.8 Å². The van der Waals surface area contributed by atoms with E-state index in [0.29, 0.717) is 31.8 Å². The first-order valence-corrected chi connectivity index (χ1v) is 13.4. The number of aryl methyl sites for hydroxylation is 1. The van der Waals surface area contributed by atoms with Gasteiger partial charge in [0.25, 0.3) is 5.91 Å². The molecule has 7 heteroatoms. The molecule has 1 aliphatic heterocycles. The lowest BCUT2D eigenvalue weighted by Crippen LogP contribution is -2.65. The number of fused-ring (bicyclic) bond motifs is 3. The fourth-order valence-corrected chi connectivity index (χ4v) is 6.24. The number of hydrogen-bond donors (Lipinski definition) is 1. The summed E-state index contributed by atoms with van der Waals surface area (Å²) in [6, 6.07) is 4.40. The van der Waals surface area contributed by atoms with Crippen LogP contribution in [0.25, 0.3) is 10.2 Å². The van der Waals surface area contributed by atoms with E-state index in [1.165, 1.54) is 4.88 Å². The number of hydrogen-bond acceptors (Lipinski definition) is 4. The van der Waals surface area contributed by atoms with Crippen molar-refractivity contribution in [2.45, 2.75) is 97.4 Å². The van der Waals surface area contributed by atoms with Crippen molar-refractivity contribution in [1.82, 2.24) is 14.8 Å². The van der Waals surface area contributed by atoms with Crippen LogP contribution in [0.3, 0.4) is 0 Å². The Bertz CT molecular complexity index is 1000. The molecule has 0 radical (unpaired) electrons. The van der Waals surface area contributed by atoms with Crippen molar-refractivity contribution < 1.29 is 14.3 Å². The second-order valence-corrected chi connectivity index (χ2v) is 11.5. The summed E-state index contributed by atoms with van der Waals surface area (Å²) in [4.78, 5) is 30.6. The van der Waals surface area contributed by atoms with Gasteiger partial charge in [0.05, 0.1) is 22.9 Å². The Morgan fingerprint density at radius 2 is 2.00 bits per heavy atom. The van der Waals surface area contributed by atoms with Crippen molar-refractivity contribution in [3.63, 3.8) is 0 Å². The van der Waals surface area contributed by atoms with Gasteiger partial charge in [-0.1, -0.05) is 13.8 Å². The number of rotatable bonds is 8. The highest BCUT2D eigenvalue weighted by molar-refractivity contribution is 7.19. The quantitative estimate of drug-likeness (QED) is 0.550. The second kappa shape index (κ2) is 9.79. The van der Waals surface area contributed by atoms with Gasteiger partial charge >= 0.3 is 0 Å². The third-order valence-electron chi connectivity index (χ3n) is 7.33. The van der Waals surface area contributed by atoms with Gasteiger partial charge in [0, 0.05) is 24.1 Å². The molecule has 1 aliphatic carbocycles. The first-order chi connectivity index (χ1) is 15.7. The fourth-order valence-electron chi connectivity index (χ4n) is 5.20. The van der Waals surface area contributed by atoms with E-state index in [1.54, 1.807) is 16.2 Å². The van der Waals surface area contributed by atoms with Crippen LogP contribution < -0.4 is 5.32 Å². The predicted molar refractivity (Wildman–Crippen MR) is 134 cm³/mol. The average Bonchev–Trinajstić information content (AvgIpc) is 3.33. The average molecular weight is 474 g/mol. The van der Waals surface area contributed by atoms with Crippen molar-refractivity contribution in [2.24, 2.45) is 5.92 Å². The van der Waals surface area contributed by atoms with Crippen LogP contribution in [0.15, 0.2) is 12.1 Å². The topological polar surface area (TPSA) is 63.6 Å². The van der Waals surface area contributed by atoms with Gasteiger partial charge in [-0.3, -0.25) is 9.59 Å². The summed E-state index contributed by atoms with van der Waals surface area (Å²) in [7, 11) is 0. The van der Waals surface area contributed by atoms with E-state index in [4.69, 9.17) is 4.74 Å². The summed E-state index contributed by atoms with van der Waals surface area (Å²) in [6.45, 7) is 12.0. The Labute approximate surface area is 201 Å². The molecule has 182 valence electrons. The molecule has 2 amide bonds. The molecule has 0 aromatic carbocycles. The highest BCUT2D eigenvalue weighted by atomic mass is 32.1. The molecule has 1 fully saturated rings. The van der Waals surface area contributed by atoms with Crippen LogP contribution in [0, 0.1) is 5.92 Å². The number of nitrogens with zero attached hydrogens (tertiary/aromatic N) is 2. The summed E-state index contributed by atoms with van der Waals surface area (Å²) < 4.78 is 8.93. The second-order valence-electron chi connectivity index (χ2n) is 10.4. The Balaban J connectivity index is 1.61. The Morgan fingerprint density at radius 1 is 1.27 bits per heavy atom. The van der Waals surface area contributed by atoms with Crippen molar-refractivity contribution in [2.75, 3.05) is 13.2 Å². The van der Waals surface area contributed by atoms with Gasteiger partial charge in [-0.15, -0.1) is 11.3 Å². The Hall–Kier alpha value is -1.86. The van der Waals surface area contributed by atoms with E-state index >= 15 is 0 Å². The van der Waals surface area contributed by atoms with Gasteiger partial charge in [0.15, 0.2) is 0 Å². The number of carbonyl (C=O) groups is 2. The minimum Gasteiger partial charge on any atom is -0.379 e. The summed E-state index contributed by atoms with van der Waals surface area (Å²) in [6.07, 6.45) is 6.17. The Kier molecular flexibility index (Phi) is 7.20. The number of ether oxygens (including phenoxy) is 1. The van der Waals surface area contributed by atoms with Crippen LogP contribution in [0.4, 0.5) is 0 Å². The number of nitrogens with one attached hydrogen (secondary N) is 1. The normalized spacial score (nSPS) is 25.6. The molecule has 3 heterocycles. The van der Waals surface area contributed by atoms with Gasteiger partial charge in [-0.2, -0.15) is 0 Å². The molecular formula is C26H39N3O3S. The smallest absolute Gasteiger partial charge is 0.271 e. The van der Waals surface area contributed by atoms with E-state index in [-0.39, 0.29) is 24.0 Å². The molecule has 2 aliphatic rings. The first-order valence-electron chi connectivity index (χ1n) is 12.6. The molecule has 4 rings (SSSR count). The van der Waals surface area contributed by atoms with Gasteiger partial charge in [-0.05, 0) is 77.3 Å². The zero-order chi connectivity index (χ0) is 23.8. The SMILES string of the molecule is CCc1cc2c(cc3n2C[C@@](C)(C(=O)NC2CCC(C)CC2)N(CCCOC(C)C)C3=O)s1. The molecule has 1 atom stereocenters. The highest BCUT2D eigenvalue weighted by Gasteiger charge is 2.48. The minimum atomic E-state index is -0.925. The lowest BCUT2D eigenvalue weighted by molar-refractivity contribution is -0.134. The van der Waals surface area contributed by atoms with Gasteiger partial charge in [0.2, 0.25) is 5.91 Å². The monoisotopic (exact) mass is 473 g/mol. The Morgan fingerprint density at radius 3 is 2.67 bits per heavy atom. The zero-order valence-corrected chi connectivity index (χ0v) is 21.6. The van der Waals surface area contributed by atoms with E-state index in [0.717, 1.165) is 48.2 Å². The van der Waals surface area contributed by atoms with Crippen LogP contribution in [0.1, 0.15) is 82.1 Å². The number of aromatic nitrogens is 1. The molecule has 0 unspecified atom stereocenters. The maximum atomic E-state index is 13.7. The molecule has 0 saturated heterocycles. The largest absolute Gasteiger partial charge is 0.379 e. The maximum Gasteiger partial charge on any atom is 0.271 e. The fraction of sp³-hybridized carbons (Fsp3) is 0.692. The van der Waals surface area contributed by atoms with E-state index in [9.17, 15) is 9.59 Å². The summed E-state index contributed by atoms with van der Waals surface area (Å²) in [5.41, 5.74) is 0.847. The molecule has 33 heavy (non-hydrogen) atoms. The predicted octanol–water partition coefficient (Wildman–Crippen LogP) is 4.99. The van der Waals surface area contributed by atoms with Crippen LogP contribution in [0.5, 0.6) is 0 Å². The standard InChI is InChI=1S/C26H39N3O3S/c1-6-20-14-21-23(33-20)15-22-24(30)29(12-7-13-32-17(2)3)26(5,16-28(21)22)25(31)27-19-10-8-18(4)9-11-19/h14-15,17-19H,6-13,16H2,1-5H3,(H,27,31)/t18?,19?,26-/m0/s1. The molecule has 1 N–H and O–H groups in total. The number of thiophene rings is 1. The van der Waals surface area contributed by atoms with Crippen molar-refractivity contribution >= 4 is 33.4 Å². The van der Waals surface area contributed by atoms with Crippen LogP contribution in [0.2, 0.25) is 0 Å². The van der Waals surface area contributed by atoms with E-state index < -0.39 is 5.54 Å². The van der Waals surface area contributed by atoms with E-state index in [1.807, 2.05) is 26.8 Å². The van der Waals surface area contributed by atoms with Crippen molar-refractivity contribution in [1.29, 1.82) is 0 Å². The van der Waals surface area contributed by atoms with Gasteiger partial charge in [0.1, 0.15) is 11.2 Å². The summed E-state index contributed by atoms with van der Waals surface area (Å²) in [5.74, 6) is 0.644. The van der Waals surface area contributed by atoms with Crippen LogP contribution in [-0.4, -0.2) is 52.1 Å². The lowest BCUT2D eigenvalue weighted by Gasteiger charge is -2.45. The summed E-state index contributed by atoms with van der Waals surface area (Å²) >= 11 is 1.74. The highest BCUT2D eigenvalue weighted by Crippen LogP contribution is 2.36. The van der Waals surface area contributed by atoms with Crippen LogP contribution >= 0.6 is 11.3 Å². The van der Waals surface area contributed by atoms with Crippen molar-refractivity contribution in [3.05, 3.63) is 22.7 Å². The molecule has 0 bridgehead atoms. The lowest BCUT2D eigenvalue weighted by atomic mass is 9.86. The molecular weight excluding hydrogens is 434 g/mol. The molecule has 2 aromatic heterocycles. The van der Waals surface area contributed by atoms with Crippen LogP contribution in [-0.2, 0) is 22.5 Å². The molecule has 1 saturated carbocycles. The molecule has 2 aromatic rings. The van der Waals surface area contributed by atoms with Gasteiger partial charge < -0.3 is 19.5 Å². The third kappa shape index (κ3) is 4.85. The first kappa shape index (κ1) is 24.3. The molecule has 6 nitrogen and oxygen atoms in total. The minimum absolute atomic E-state index is 0.0291. The number of amides is 2. The zero-order valence-electron chi connectivity index (χ0n) is 20.8. The van der Waals surface area contributed by atoms with Gasteiger partial charge in [-0.25, -0.2) is 0 Å². The maximum absolute atomic E-state index is 13.7. The molecule has 0 spiro atoms. The van der Waals surface area contributed by atoms with Crippen molar-refractivity contribution in [3.8, 4) is 0 Å². The third-order valence-corrected chi connectivity index (χ3v) is 8.55. The summed E-state index contributed by atoms with van der Waals surface area (Å²) in [5, 5.41) is 3.32.